The number of esters is 1. The number of hydrogen-bond donors (Lipinski definition) is 0. The van der Waals surface area contributed by atoms with Crippen LogP contribution in [0.3, 0.4) is 0 Å². The van der Waals surface area contributed by atoms with Crippen LogP contribution in [0.15, 0.2) is 39.2 Å². The molecule has 0 unspecified atom stereocenters. The normalized spacial score (nSPS) is 11.4. The molecule has 0 amide bonds. The van der Waals surface area contributed by atoms with Crippen molar-refractivity contribution in [1.82, 2.24) is 14.6 Å². The highest BCUT2D eigenvalue weighted by atomic mass is 32.2. The van der Waals surface area contributed by atoms with E-state index in [0.717, 1.165) is 9.30 Å². The van der Waals surface area contributed by atoms with Crippen LogP contribution in [0.5, 0.6) is 0 Å². The van der Waals surface area contributed by atoms with Crippen LogP contribution in [-0.2, 0) is 4.74 Å². The van der Waals surface area contributed by atoms with Crippen LogP contribution >= 0.6 is 23.1 Å². The van der Waals surface area contributed by atoms with Gasteiger partial charge in [0.2, 0.25) is 4.96 Å². The number of carbonyl (C=O) groups excluding carboxylic acids is 1. The molecule has 6 nitrogen and oxygen atoms in total. The summed E-state index contributed by atoms with van der Waals surface area (Å²) in [6, 6.07) is 7.10. The molecular formula is C15H11N3O3S2. The Labute approximate surface area is 139 Å². The average Bonchev–Trinajstić information content (AvgIpc) is 3.24. The Morgan fingerprint density at radius 2 is 2.30 bits per heavy atom. The van der Waals surface area contributed by atoms with Gasteiger partial charge in [-0.3, -0.25) is 0 Å². The van der Waals surface area contributed by atoms with E-state index in [1.54, 1.807) is 28.4 Å². The Kier molecular flexibility index (Phi) is 3.35. The monoisotopic (exact) mass is 345 g/mol. The third-order valence-electron chi connectivity index (χ3n) is 3.42. The van der Waals surface area contributed by atoms with Gasteiger partial charge >= 0.3 is 5.97 Å². The highest BCUT2D eigenvalue weighted by Crippen LogP contribution is 2.31. The molecule has 0 N–H and O–H groups in total. The molecule has 23 heavy (non-hydrogen) atoms. The zero-order chi connectivity index (χ0) is 16.0. The van der Waals surface area contributed by atoms with Crippen LogP contribution in [0, 0.1) is 0 Å². The molecule has 4 rings (SSSR count). The zero-order valence-electron chi connectivity index (χ0n) is 12.3. The maximum Gasteiger partial charge on any atom is 0.338 e. The summed E-state index contributed by atoms with van der Waals surface area (Å²) < 4.78 is 13.3. The average molecular weight is 345 g/mol. The van der Waals surface area contributed by atoms with Crippen molar-refractivity contribution in [3.05, 3.63) is 36.0 Å². The van der Waals surface area contributed by atoms with Gasteiger partial charge in [-0.15, -0.1) is 5.10 Å². The molecule has 0 spiro atoms. The van der Waals surface area contributed by atoms with Crippen molar-refractivity contribution < 1.29 is 13.9 Å². The maximum absolute atomic E-state index is 11.8. The highest BCUT2D eigenvalue weighted by Gasteiger charge is 2.17. The molecule has 0 fully saturated rings. The topological polar surface area (TPSA) is 69.6 Å². The number of rotatable bonds is 3. The number of carbonyl (C=O) groups is 1. The number of furan rings is 1. The summed E-state index contributed by atoms with van der Waals surface area (Å²) in [5.74, 6) is 0.208. The number of ether oxygens (including phenoxy) is 1. The quantitative estimate of drug-likeness (QED) is 0.416. The molecule has 0 radical (unpaired) electrons. The Balaban J connectivity index is 1.84. The lowest BCUT2D eigenvalue weighted by Gasteiger charge is -1.98. The third-order valence-corrected chi connectivity index (χ3v) is 5.32. The van der Waals surface area contributed by atoms with E-state index in [2.05, 4.69) is 10.1 Å². The van der Waals surface area contributed by atoms with Gasteiger partial charge in [0.25, 0.3) is 0 Å². The van der Waals surface area contributed by atoms with Crippen LogP contribution in [0.4, 0.5) is 0 Å². The fourth-order valence-electron chi connectivity index (χ4n) is 2.36. The SMILES string of the molecule is COC(=O)c1cccc2oc(-c3cn4nc(SC)sc4n3)cc12. The number of methoxy groups -OCH3 is 1. The van der Waals surface area contributed by atoms with Crippen molar-refractivity contribution in [2.45, 2.75) is 4.34 Å². The lowest BCUT2D eigenvalue weighted by molar-refractivity contribution is 0.0603. The second kappa shape index (κ2) is 5.39. The van der Waals surface area contributed by atoms with Gasteiger partial charge in [0.15, 0.2) is 10.1 Å². The van der Waals surface area contributed by atoms with Gasteiger partial charge < -0.3 is 9.15 Å². The molecule has 0 bridgehead atoms. The summed E-state index contributed by atoms with van der Waals surface area (Å²) in [7, 11) is 1.36. The highest BCUT2D eigenvalue weighted by molar-refractivity contribution is 8.00. The molecule has 4 aromatic rings. The van der Waals surface area contributed by atoms with Gasteiger partial charge in [-0.25, -0.2) is 14.3 Å². The van der Waals surface area contributed by atoms with E-state index in [-0.39, 0.29) is 5.97 Å². The minimum Gasteiger partial charge on any atom is -0.465 e. The molecule has 116 valence electrons. The Hall–Kier alpha value is -2.32. The predicted molar refractivity (Wildman–Crippen MR) is 89.2 cm³/mol. The number of hydrogen-bond acceptors (Lipinski definition) is 7. The van der Waals surface area contributed by atoms with Crippen molar-refractivity contribution in [3.63, 3.8) is 0 Å². The minimum atomic E-state index is -0.389. The Morgan fingerprint density at radius 3 is 3.04 bits per heavy atom. The van der Waals surface area contributed by atoms with Gasteiger partial charge in [-0.2, -0.15) is 0 Å². The Morgan fingerprint density at radius 1 is 1.43 bits per heavy atom. The number of fused-ring (bicyclic) bond motifs is 2. The van der Waals surface area contributed by atoms with Crippen molar-refractivity contribution in [3.8, 4) is 11.5 Å². The molecular weight excluding hydrogens is 334 g/mol. The second-order valence-electron chi connectivity index (χ2n) is 4.74. The van der Waals surface area contributed by atoms with Crippen LogP contribution in [-0.4, -0.2) is 33.9 Å². The van der Waals surface area contributed by atoms with E-state index in [9.17, 15) is 4.79 Å². The summed E-state index contributed by atoms with van der Waals surface area (Å²) >= 11 is 3.10. The first kappa shape index (κ1) is 14.3. The first-order valence-electron chi connectivity index (χ1n) is 6.71. The van der Waals surface area contributed by atoms with Crippen LogP contribution in [0.1, 0.15) is 10.4 Å². The summed E-state index contributed by atoms with van der Waals surface area (Å²) in [4.78, 5) is 17.2. The first-order valence-corrected chi connectivity index (χ1v) is 8.75. The van der Waals surface area contributed by atoms with Crippen LogP contribution in [0.25, 0.3) is 27.4 Å². The van der Waals surface area contributed by atoms with Crippen molar-refractivity contribution in [1.29, 1.82) is 0 Å². The molecule has 0 aliphatic carbocycles. The van der Waals surface area contributed by atoms with E-state index < -0.39 is 0 Å². The summed E-state index contributed by atoms with van der Waals surface area (Å²) in [6.07, 6.45) is 3.80. The number of nitrogens with zero attached hydrogens (tertiary/aromatic N) is 3. The standard InChI is InChI=1S/C15H11N3O3S2/c1-20-13(19)8-4-3-5-11-9(8)6-12(21-11)10-7-18-14(16-10)23-15(17-18)22-2/h3-7H,1-2H3. The third kappa shape index (κ3) is 2.30. The number of imidazole rings is 1. The molecule has 0 saturated heterocycles. The van der Waals surface area contributed by atoms with E-state index in [1.807, 2.05) is 24.6 Å². The summed E-state index contributed by atoms with van der Waals surface area (Å²) in [5, 5.41) is 5.12. The van der Waals surface area contributed by atoms with Gasteiger partial charge in [0.1, 0.15) is 11.3 Å². The van der Waals surface area contributed by atoms with E-state index in [1.165, 1.54) is 18.4 Å². The fourth-order valence-corrected chi connectivity index (χ4v) is 3.70. The van der Waals surface area contributed by atoms with Crippen molar-refractivity contribution in [2.24, 2.45) is 0 Å². The summed E-state index contributed by atoms with van der Waals surface area (Å²) in [6.45, 7) is 0. The van der Waals surface area contributed by atoms with Crippen LogP contribution in [0.2, 0.25) is 0 Å². The molecule has 1 aromatic carbocycles. The smallest absolute Gasteiger partial charge is 0.338 e. The van der Waals surface area contributed by atoms with Crippen molar-refractivity contribution in [2.75, 3.05) is 13.4 Å². The van der Waals surface area contributed by atoms with Gasteiger partial charge in [-0.05, 0) is 24.5 Å². The van der Waals surface area contributed by atoms with Gasteiger partial charge in [-0.1, -0.05) is 29.2 Å². The minimum absolute atomic E-state index is 0.389. The van der Waals surface area contributed by atoms with E-state index in [4.69, 9.17) is 9.15 Å². The molecule has 8 heteroatoms. The Bertz CT molecular complexity index is 1000. The van der Waals surface area contributed by atoms with E-state index >= 15 is 0 Å². The molecule has 0 aliphatic heterocycles. The molecule has 0 saturated carbocycles. The predicted octanol–water partition coefficient (Wildman–Crippen LogP) is 3.71. The van der Waals surface area contributed by atoms with Crippen LogP contribution < -0.4 is 0 Å². The zero-order valence-corrected chi connectivity index (χ0v) is 13.9. The van der Waals surface area contributed by atoms with E-state index in [0.29, 0.717) is 28.0 Å². The molecule has 3 aromatic heterocycles. The van der Waals surface area contributed by atoms with Gasteiger partial charge in [0, 0.05) is 5.39 Å². The summed E-state index contributed by atoms with van der Waals surface area (Å²) in [5.41, 5.74) is 1.78. The second-order valence-corrected chi connectivity index (χ2v) is 6.75. The number of aromatic nitrogens is 3. The first-order chi connectivity index (χ1) is 11.2. The molecule has 0 atom stereocenters. The largest absolute Gasteiger partial charge is 0.465 e. The number of thioether (sulfide) groups is 1. The lowest BCUT2D eigenvalue weighted by Crippen LogP contribution is -2.00. The number of benzene rings is 1. The maximum atomic E-state index is 11.8. The molecule has 3 heterocycles. The van der Waals surface area contributed by atoms with Gasteiger partial charge in [0.05, 0.1) is 18.9 Å². The molecule has 0 aliphatic rings. The fraction of sp³-hybridized carbons (Fsp3) is 0.133. The van der Waals surface area contributed by atoms with Crippen molar-refractivity contribution >= 4 is 45.0 Å². The lowest BCUT2D eigenvalue weighted by atomic mass is 10.1.